The lowest BCUT2D eigenvalue weighted by molar-refractivity contribution is 0.869. The molecule has 2 aromatic heterocycles. The molecule has 0 atom stereocenters. The first-order valence-electron chi connectivity index (χ1n) is 11.6. The summed E-state index contributed by atoms with van der Waals surface area (Å²) in [7, 11) is 0. The van der Waals surface area contributed by atoms with Gasteiger partial charge in [0.15, 0.2) is 0 Å². The van der Waals surface area contributed by atoms with Gasteiger partial charge in [0, 0.05) is 28.1 Å². The maximum Gasteiger partial charge on any atom is 0.147 e. The fourth-order valence-electron chi connectivity index (χ4n) is 4.41. The van der Waals surface area contributed by atoms with E-state index in [4.69, 9.17) is 6.35 Å². The second-order valence-electron chi connectivity index (χ2n) is 8.53. The monoisotopic (exact) mass is 445 g/mol. The topological polar surface area (TPSA) is 17.8 Å². The van der Waals surface area contributed by atoms with Gasteiger partial charge < -0.3 is 0 Å². The Morgan fingerprint density at radius 3 is 2.33 bits per heavy atom. The molecule has 0 aliphatic rings. The molecule has 0 aliphatic carbocycles. The van der Waals surface area contributed by atoms with Crippen LogP contribution in [0.2, 0.25) is 0 Å². The van der Waals surface area contributed by atoms with Gasteiger partial charge in [0.05, 0.1) is 11.0 Å². The number of imidazole rings is 1. The van der Waals surface area contributed by atoms with Crippen LogP contribution in [0.15, 0.2) is 102 Å². The van der Waals surface area contributed by atoms with Crippen molar-refractivity contribution in [3.8, 4) is 28.2 Å². The Hall–Kier alpha value is -3.69. The van der Waals surface area contributed by atoms with E-state index in [-0.39, 0.29) is 0 Å². The molecule has 6 aromatic rings. The molecule has 0 amide bonds. The van der Waals surface area contributed by atoms with Crippen LogP contribution in [0.25, 0.3) is 49.3 Å². The van der Waals surface area contributed by atoms with E-state index in [0.29, 0.717) is 0 Å². The third kappa shape index (κ3) is 3.46. The Morgan fingerprint density at radius 1 is 0.818 bits per heavy atom. The first-order chi connectivity index (χ1) is 16.5. The average Bonchev–Trinajstić information content (AvgIpc) is 3.45. The van der Waals surface area contributed by atoms with E-state index in [1.165, 1.54) is 21.2 Å². The predicted molar refractivity (Wildman–Crippen MR) is 141 cm³/mol. The highest BCUT2D eigenvalue weighted by atomic mass is 32.1. The van der Waals surface area contributed by atoms with Crippen LogP contribution in [-0.4, -0.2) is 9.55 Å². The van der Waals surface area contributed by atoms with Crippen molar-refractivity contribution in [3.63, 3.8) is 0 Å². The van der Waals surface area contributed by atoms with E-state index < -0.39 is 5.89 Å². The summed E-state index contributed by atoms with van der Waals surface area (Å²) >= 11 is 1.72. The summed E-state index contributed by atoms with van der Waals surface area (Å²) in [5, 5.41) is 3.37. The molecule has 0 saturated carbocycles. The number of hydrogen-bond donors (Lipinski definition) is 0. The summed E-state index contributed by atoms with van der Waals surface area (Å²) in [6.45, 7) is 3.86. The molecule has 0 fully saturated rings. The standard InChI is InChI=1S/C30H24N2S/c1-20(2)23-14-17-25-26(19-33-29(25)18-23)30-31-27-10-6-7-11-28(27)32(30)24-15-12-22(13-16-24)21-8-4-3-5-9-21/h3-20H,1-2H3/i20D. The molecule has 0 radical (unpaired) electrons. The number of aromatic nitrogens is 2. The van der Waals surface area contributed by atoms with Crippen LogP contribution in [0.4, 0.5) is 0 Å². The molecule has 0 spiro atoms. The van der Waals surface area contributed by atoms with Crippen molar-refractivity contribution < 1.29 is 1.37 Å². The maximum atomic E-state index is 8.41. The molecule has 160 valence electrons. The number of rotatable bonds is 4. The molecule has 0 saturated heterocycles. The number of hydrogen-bond acceptors (Lipinski definition) is 2. The van der Waals surface area contributed by atoms with Crippen molar-refractivity contribution in [2.45, 2.75) is 19.7 Å². The van der Waals surface area contributed by atoms with Crippen molar-refractivity contribution in [1.29, 1.82) is 0 Å². The molecule has 6 rings (SSSR count). The van der Waals surface area contributed by atoms with Crippen molar-refractivity contribution in [2.24, 2.45) is 0 Å². The molecule has 2 nitrogen and oxygen atoms in total. The summed E-state index contributed by atoms with van der Waals surface area (Å²) in [5.41, 5.74) is 7.72. The Bertz CT molecular complexity index is 1620. The summed E-state index contributed by atoms with van der Waals surface area (Å²) in [4.78, 5) is 5.07. The van der Waals surface area contributed by atoms with E-state index in [2.05, 4.69) is 94.9 Å². The highest BCUT2D eigenvalue weighted by Crippen LogP contribution is 2.38. The SMILES string of the molecule is [2H]C(C)(C)c1ccc2c(-c3nc4ccccc4n3-c3ccc(-c4ccccc4)cc3)csc2c1. The summed E-state index contributed by atoms with van der Waals surface area (Å²) in [5.74, 6) is 0.323. The van der Waals surface area contributed by atoms with Gasteiger partial charge in [-0.15, -0.1) is 11.3 Å². The van der Waals surface area contributed by atoms with Gasteiger partial charge >= 0.3 is 0 Å². The first-order valence-corrected chi connectivity index (χ1v) is 12.0. The van der Waals surface area contributed by atoms with E-state index in [1.807, 2.05) is 26.0 Å². The summed E-state index contributed by atoms with van der Waals surface area (Å²) in [6, 6.07) is 33.8. The number of para-hydroxylation sites is 2. The molecule has 4 aromatic carbocycles. The lowest BCUT2D eigenvalue weighted by Crippen LogP contribution is -1.97. The first kappa shape index (κ1) is 18.8. The van der Waals surface area contributed by atoms with E-state index in [1.54, 1.807) is 11.3 Å². The second-order valence-corrected chi connectivity index (χ2v) is 9.44. The highest BCUT2D eigenvalue weighted by Gasteiger charge is 2.18. The van der Waals surface area contributed by atoms with Gasteiger partial charge in [-0.3, -0.25) is 4.57 Å². The van der Waals surface area contributed by atoms with Crippen LogP contribution < -0.4 is 0 Å². The zero-order chi connectivity index (χ0) is 23.3. The lowest BCUT2D eigenvalue weighted by atomic mass is 10.0. The fraction of sp³-hybridized carbons (Fsp3) is 0.100. The normalized spacial score (nSPS) is 12.4. The van der Waals surface area contributed by atoms with Gasteiger partial charge in [0.2, 0.25) is 0 Å². The quantitative estimate of drug-likeness (QED) is 0.265. The fourth-order valence-corrected chi connectivity index (χ4v) is 5.39. The van der Waals surface area contributed by atoms with Crippen LogP contribution in [0.5, 0.6) is 0 Å². The van der Waals surface area contributed by atoms with Crippen molar-refractivity contribution >= 4 is 32.5 Å². The Labute approximate surface area is 199 Å². The molecule has 33 heavy (non-hydrogen) atoms. The Morgan fingerprint density at radius 2 is 1.55 bits per heavy atom. The van der Waals surface area contributed by atoms with Crippen molar-refractivity contribution in [2.75, 3.05) is 0 Å². The molecular formula is C30H24N2S. The van der Waals surface area contributed by atoms with Gasteiger partial charge in [-0.25, -0.2) is 4.98 Å². The number of nitrogens with zero attached hydrogens (tertiary/aromatic N) is 2. The van der Waals surface area contributed by atoms with Gasteiger partial charge in [0.1, 0.15) is 5.82 Å². The molecule has 0 bridgehead atoms. The third-order valence-corrected chi connectivity index (χ3v) is 7.13. The minimum atomic E-state index is -0.619. The largest absolute Gasteiger partial charge is 0.292 e. The smallest absolute Gasteiger partial charge is 0.147 e. The van der Waals surface area contributed by atoms with Crippen LogP contribution >= 0.6 is 11.3 Å². The van der Waals surface area contributed by atoms with E-state index >= 15 is 0 Å². The predicted octanol–water partition coefficient (Wildman–Crippen LogP) is 8.70. The minimum Gasteiger partial charge on any atom is -0.292 e. The molecule has 2 heterocycles. The molecule has 0 aliphatic heterocycles. The Kier molecular flexibility index (Phi) is 4.58. The average molecular weight is 446 g/mol. The second kappa shape index (κ2) is 8.02. The number of thiophene rings is 1. The zero-order valence-electron chi connectivity index (χ0n) is 19.6. The minimum absolute atomic E-state index is 0.619. The van der Waals surface area contributed by atoms with Crippen LogP contribution in [0.3, 0.4) is 0 Å². The molecular weight excluding hydrogens is 420 g/mol. The van der Waals surface area contributed by atoms with E-state index in [9.17, 15) is 0 Å². The van der Waals surface area contributed by atoms with Crippen LogP contribution in [0.1, 0.15) is 26.7 Å². The molecule has 3 heteroatoms. The van der Waals surface area contributed by atoms with Crippen LogP contribution in [0, 0.1) is 0 Å². The van der Waals surface area contributed by atoms with Gasteiger partial charge in [-0.05, 0) is 52.9 Å². The van der Waals surface area contributed by atoms with Gasteiger partial charge in [-0.2, -0.15) is 0 Å². The van der Waals surface area contributed by atoms with Crippen LogP contribution in [-0.2, 0) is 0 Å². The Balaban J connectivity index is 1.53. The number of fused-ring (bicyclic) bond motifs is 2. The molecule has 0 unspecified atom stereocenters. The van der Waals surface area contributed by atoms with Crippen molar-refractivity contribution in [1.82, 2.24) is 9.55 Å². The highest BCUT2D eigenvalue weighted by molar-refractivity contribution is 7.17. The molecule has 0 N–H and O–H groups in total. The maximum absolute atomic E-state index is 8.41. The van der Waals surface area contributed by atoms with Gasteiger partial charge in [0.25, 0.3) is 0 Å². The zero-order valence-corrected chi connectivity index (χ0v) is 19.4. The van der Waals surface area contributed by atoms with Gasteiger partial charge in [-0.1, -0.05) is 80.6 Å². The third-order valence-electron chi connectivity index (χ3n) is 6.19. The number of benzene rings is 4. The summed E-state index contributed by atoms with van der Waals surface area (Å²) in [6.07, 6.45) is 0. The van der Waals surface area contributed by atoms with E-state index in [0.717, 1.165) is 33.7 Å². The van der Waals surface area contributed by atoms with Crippen molar-refractivity contribution in [3.05, 3.63) is 108 Å². The summed E-state index contributed by atoms with van der Waals surface area (Å²) < 4.78 is 11.9. The lowest BCUT2D eigenvalue weighted by Gasteiger charge is -2.11.